The second-order valence-electron chi connectivity index (χ2n) is 5.96. The van der Waals surface area contributed by atoms with Gasteiger partial charge in [0.05, 0.1) is 5.92 Å². The number of rotatable bonds is 4. The van der Waals surface area contributed by atoms with Gasteiger partial charge in [0.15, 0.2) is 0 Å². The van der Waals surface area contributed by atoms with E-state index in [1.54, 1.807) is 7.05 Å². The van der Waals surface area contributed by atoms with Gasteiger partial charge < -0.3 is 5.32 Å². The van der Waals surface area contributed by atoms with Gasteiger partial charge in [-0.2, -0.15) is 13.2 Å². The Hall–Kier alpha value is -1.03. The van der Waals surface area contributed by atoms with Crippen molar-refractivity contribution in [3.63, 3.8) is 0 Å². The Bertz CT molecular complexity index is 438. The summed E-state index contributed by atoms with van der Waals surface area (Å²) in [5, 5.41) is 3.13. The summed E-state index contributed by atoms with van der Waals surface area (Å²) in [6.07, 6.45) is -0.665. The lowest BCUT2D eigenvalue weighted by Gasteiger charge is -2.38. The second kappa shape index (κ2) is 6.82. The van der Waals surface area contributed by atoms with Gasteiger partial charge in [-0.25, -0.2) is 0 Å². The largest absolute Gasteiger partial charge is 0.392 e. The van der Waals surface area contributed by atoms with Crippen molar-refractivity contribution < 1.29 is 13.2 Å². The molecule has 0 aromatic heterocycles. The predicted molar refractivity (Wildman–Crippen MR) is 79.1 cm³/mol. The number of alkyl halides is 3. The highest BCUT2D eigenvalue weighted by Crippen LogP contribution is 2.46. The van der Waals surface area contributed by atoms with Crippen LogP contribution in [0.5, 0.6) is 0 Å². The summed E-state index contributed by atoms with van der Waals surface area (Å²) < 4.78 is 39.9. The molecule has 1 aromatic carbocycles. The Labute approximate surface area is 124 Å². The third kappa shape index (κ3) is 3.79. The summed E-state index contributed by atoms with van der Waals surface area (Å²) in [7, 11) is 1.76. The van der Waals surface area contributed by atoms with Crippen LogP contribution in [-0.2, 0) is 6.42 Å². The van der Waals surface area contributed by atoms with Gasteiger partial charge in [-0.1, -0.05) is 44.0 Å². The summed E-state index contributed by atoms with van der Waals surface area (Å²) in [5.74, 6) is -1.55. The number of benzene rings is 1. The van der Waals surface area contributed by atoms with Gasteiger partial charge >= 0.3 is 6.18 Å². The standard InChI is InChI=1S/C17H24F3N/c1-3-12-8-10-13(11-9-12)16(21-2)14-6-4-5-7-15(14)17(18,19)20/h8-11,14-16,21H,3-7H2,1-2H3. The maximum atomic E-state index is 13.3. The molecule has 0 aliphatic heterocycles. The van der Waals surface area contributed by atoms with Crippen molar-refractivity contribution in [3.8, 4) is 0 Å². The van der Waals surface area contributed by atoms with Gasteiger partial charge in [0, 0.05) is 6.04 Å². The van der Waals surface area contributed by atoms with Gasteiger partial charge in [-0.3, -0.25) is 0 Å². The van der Waals surface area contributed by atoms with Crippen molar-refractivity contribution in [1.82, 2.24) is 5.32 Å². The smallest absolute Gasteiger partial charge is 0.313 e. The molecule has 1 aliphatic carbocycles. The Morgan fingerprint density at radius 2 is 1.76 bits per heavy atom. The third-order valence-corrected chi connectivity index (χ3v) is 4.73. The molecule has 0 spiro atoms. The number of hydrogen-bond donors (Lipinski definition) is 1. The quantitative estimate of drug-likeness (QED) is 0.835. The van der Waals surface area contributed by atoms with Gasteiger partial charge in [0.2, 0.25) is 0 Å². The van der Waals surface area contributed by atoms with Crippen LogP contribution in [0.25, 0.3) is 0 Å². The summed E-state index contributed by atoms with van der Waals surface area (Å²) >= 11 is 0. The highest BCUT2D eigenvalue weighted by atomic mass is 19.4. The normalized spacial score (nSPS) is 24.8. The Kier molecular flexibility index (Phi) is 5.31. The van der Waals surface area contributed by atoms with Crippen molar-refractivity contribution in [2.24, 2.45) is 11.8 Å². The van der Waals surface area contributed by atoms with Crippen LogP contribution >= 0.6 is 0 Å². The maximum absolute atomic E-state index is 13.3. The number of hydrogen-bond acceptors (Lipinski definition) is 1. The molecule has 1 nitrogen and oxygen atoms in total. The zero-order valence-electron chi connectivity index (χ0n) is 12.7. The molecule has 1 aliphatic rings. The van der Waals surface area contributed by atoms with E-state index in [0.29, 0.717) is 12.8 Å². The SMILES string of the molecule is CCc1ccc(C(NC)C2CCCCC2C(F)(F)F)cc1. The zero-order valence-corrected chi connectivity index (χ0v) is 12.7. The average molecular weight is 299 g/mol. The molecule has 2 rings (SSSR count). The molecule has 0 radical (unpaired) electrons. The first kappa shape index (κ1) is 16.3. The molecule has 0 amide bonds. The molecule has 3 unspecified atom stereocenters. The molecule has 1 aromatic rings. The van der Waals surface area contributed by atoms with Crippen LogP contribution in [0.2, 0.25) is 0 Å². The molecule has 0 bridgehead atoms. The zero-order chi connectivity index (χ0) is 15.5. The molecule has 0 saturated heterocycles. The first-order valence-electron chi connectivity index (χ1n) is 7.80. The van der Waals surface area contributed by atoms with E-state index in [-0.39, 0.29) is 18.4 Å². The number of aryl methyl sites for hydroxylation is 1. The fourth-order valence-electron chi connectivity index (χ4n) is 3.55. The van der Waals surface area contributed by atoms with Gasteiger partial charge in [-0.15, -0.1) is 0 Å². The van der Waals surface area contributed by atoms with E-state index in [4.69, 9.17) is 0 Å². The molecule has 1 fully saturated rings. The summed E-state index contributed by atoms with van der Waals surface area (Å²) in [4.78, 5) is 0. The van der Waals surface area contributed by atoms with E-state index >= 15 is 0 Å². The molecule has 1 saturated carbocycles. The minimum absolute atomic E-state index is 0.220. The maximum Gasteiger partial charge on any atom is 0.392 e. The van der Waals surface area contributed by atoms with Crippen molar-refractivity contribution in [2.75, 3.05) is 7.05 Å². The van der Waals surface area contributed by atoms with E-state index in [1.807, 2.05) is 24.3 Å². The first-order chi connectivity index (χ1) is 9.97. The van der Waals surface area contributed by atoms with Gasteiger partial charge in [0.25, 0.3) is 0 Å². The fourth-order valence-corrected chi connectivity index (χ4v) is 3.55. The van der Waals surface area contributed by atoms with E-state index < -0.39 is 12.1 Å². The second-order valence-corrected chi connectivity index (χ2v) is 5.96. The average Bonchev–Trinajstić information content (AvgIpc) is 2.48. The summed E-state index contributed by atoms with van der Waals surface area (Å²) in [5.41, 5.74) is 2.18. The van der Waals surface area contributed by atoms with Crippen LogP contribution in [0.1, 0.15) is 49.8 Å². The van der Waals surface area contributed by atoms with Crippen molar-refractivity contribution in [3.05, 3.63) is 35.4 Å². The summed E-state index contributed by atoms with van der Waals surface area (Å²) in [6, 6.07) is 7.77. The molecule has 21 heavy (non-hydrogen) atoms. The molecular weight excluding hydrogens is 275 g/mol. The molecule has 1 N–H and O–H groups in total. The van der Waals surface area contributed by atoms with Crippen molar-refractivity contribution in [1.29, 1.82) is 0 Å². The van der Waals surface area contributed by atoms with Gasteiger partial charge in [0.1, 0.15) is 0 Å². The lowest BCUT2D eigenvalue weighted by atomic mass is 9.73. The molecule has 118 valence electrons. The van der Waals surface area contributed by atoms with E-state index in [9.17, 15) is 13.2 Å². The lowest BCUT2D eigenvalue weighted by molar-refractivity contribution is -0.199. The topological polar surface area (TPSA) is 12.0 Å². The Morgan fingerprint density at radius 3 is 2.29 bits per heavy atom. The fraction of sp³-hybridized carbons (Fsp3) is 0.647. The van der Waals surface area contributed by atoms with Crippen LogP contribution in [0.3, 0.4) is 0 Å². The van der Waals surface area contributed by atoms with Crippen LogP contribution < -0.4 is 5.32 Å². The summed E-state index contributed by atoms with van der Waals surface area (Å²) in [6.45, 7) is 2.07. The number of halogens is 3. The lowest BCUT2D eigenvalue weighted by Crippen LogP contribution is -2.39. The van der Waals surface area contributed by atoms with Crippen LogP contribution in [0, 0.1) is 11.8 Å². The van der Waals surface area contributed by atoms with Gasteiger partial charge in [-0.05, 0) is 43.4 Å². The van der Waals surface area contributed by atoms with E-state index in [1.165, 1.54) is 5.56 Å². The Balaban J connectivity index is 2.24. The van der Waals surface area contributed by atoms with Crippen molar-refractivity contribution >= 4 is 0 Å². The Morgan fingerprint density at radius 1 is 1.14 bits per heavy atom. The molecular formula is C17H24F3N. The first-order valence-corrected chi connectivity index (χ1v) is 7.80. The highest BCUT2D eigenvalue weighted by molar-refractivity contribution is 5.26. The van der Waals surface area contributed by atoms with Crippen molar-refractivity contribution in [2.45, 2.75) is 51.2 Å². The third-order valence-electron chi connectivity index (χ3n) is 4.73. The minimum atomic E-state index is -4.09. The highest BCUT2D eigenvalue weighted by Gasteiger charge is 2.47. The predicted octanol–water partition coefficient (Wildman–Crippen LogP) is 4.88. The van der Waals surface area contributed by atoms with Crippen LogP contribution in [0.4, 0.5) is 13.2 Å². The van der Waals surface area contributed by atoms with E-state index in [2.05, 4.69) is 12.2 Å². The van der Waals surface area contributed by atoms with Crippen LogP contribution in [-0.4, -0.2) is 13.2 Å². The van der Waals surface area contributed by atoms with Crippen LogP contribution in [0.15, 0.2) is 24.3 Å². The minimum Gasteiger partial charge on any atom is -0.313 e. The molecule has 4 heteroatoms. The monoisotopic (exact) mass is 299 g/mol. The molecule has 3 atom stereocenters. The molecule has 0 heterocycles. The van der Waals surface area contributed by atoms with E-state index in [0.717, 1.165) is 18.4 Å². The number of nitrogens with one attached hydrogen (secondary N) is 1.